The first-order valence-electron chi connectivity index (χ1n) is 8.27. The van der Waals surface area contributed by atoms with Crippen molar-refractivity contribution < 1.29 is 0 Å². The van der Waals surface area contributed by atoms with Gasteiger partial charge >= 0.3 is 0 Å². The van der Waals surface area contributed by atoms with Gasteiger partial charge in [-0.2, -0.15) is 0 Å². The normalized spacial score (nSPS) is 16.1. The minimum absolute atomic E-state index is 0.880. The van der Waals surface area contributed by atoms with E-state index in [1.54, 1.807) is 0 Å². The number of benzene rings is 2. The maximum atomic E-state index is 6.04. The van der Waals surface area contributed by atoms with Gasteiger partial charge in [0.25, 0.3) is 0 Å². The van der Waals surface area contributed by atoms with Crippen LogP contribution in [-0.4, -0.2) is 0 Å². The van der Waals surface area contributed by atoms with E-state index in [9.17, 15) is 0 Å². The first-order chi connectivity index (χ1) is 10.7. The van der Waals surface area contributed by atoms with Crippen LogP contribution in [0.15, 0.2) is 36.4 Å². The molecular weight excluding hydrogens is 311 g/mol. The van der Waals surface area contributed by atoms with Gasteiger partial charge in [-0.15, -0.1) is 0 Å². The standard InChI is InChI=1S/2C10H11Cl/c11-10-7-3-5-8-4-1-2-6-9(8)10;11-10-6-5-8-3-1-2-4-9(8)7-10/h3,5,7H,1-2,4,6H2;5-7H,1-4H2. The maximum absolute atomic E-state index is 6.04. The lowest BCUT2D eigenvalue weighted by molar-refractivity contribution is 0.685. The van der Waals surface area contributed by atoms with Gasteiger partial charge in [0.1, 0.15) is 0 Å². The van der Waals surface area contributed by atoms with Crippen molar-refractivity contribution in [2.45, 2.75) is 51.4 Å². The molecule has 116 valence electrons. The fourth-order valence-corrected chi connectivity index (χ4v) is 3.92. The SMILES string of the molecule is Clc1ccc2c(c1)CCCC2.Clc1cccc2c1CCCC2. The van der Waals surface area contributed by atoms with Gasteiger partial charge in [-0.25, -0.2) is 0 Å². The number of hydrogen-bond donors (Lipinski definition) is 0. The molecule has 0 nitrogen and oxygen atoms in total. The quantitative estimate of drug-likeness (QED) is 0.520. The molecule has 2 aromatic rings. The van der Waals surface area contributed by atoms with Gasteiger partial charge in [-0.3, -0.25) is 0 Å². The van der Waals surface area contributed by atoms with Gasteiger partial charge < -0.3 is 0 Å². The molecular formula is C20H22Cl2. The van der Waals surface area contributed by atoms with Gasteiger partial charge in [0.15, 0.2) is 0 Å². The van der Waals surface area contributed by atoms with Gasteiger partial charge in [0, 0.05) is 10.0 Å². The molecule has 0 saturated carbocycles. The van der Waals surface area contributed by atoms with E-state index < -0.39 is 0 Å². The highest BCUT2D eigenvalue weighted by Crippen LogP contribution is 2.27. The third-order valence-electron chi connectivity index (χ3n) is 4.65. The van der Waals surface area contributed by atoms with Crippen molar-refractivity contribution in [1.29, 1.82) is 0 Å². The predicted octanol–water partition coefficient (Wildman–Crippen LogP) is 6.44. The fraction of sp³-hybridized carbons (Fsp3) is 0.400. The molecule has 0 heterocycles. The molecule has 2 aliphatic rings. The molecule has 2 aromatic carbocycles. The first kappa shape index (κ1) is 15.9. The molecule has 0 N–H and O–H groups in total. The highest BCUT2D eigenvalue weighted by molar-refractivity contribution is 6.31. The summed E-state index contributed by atoms with van der Waals surface area (Å²) in [6.45, 7) is 0. The van der Waals surface area contributed by atoms with Gasteiger partial charge in [-0.1, -0.05) is 41.4 Å². The molecule has 2 aliphatic carbocycles. The maximum Gasteiger partial charge on any atom is 0.0440 e. The Morgan fingerprint density at radius 1 is 0.636 bits per heavy atom. The predicted molar refractivity (Wildman–Crippen MR) is 96.2 cm³/mol. The second-order valence-electron chi connectivity index (χ2n) is 6.20. The lowest BCUT2D eigenvalue weighted by atomic mass is 9.92. The molecule has 22 heavy (non-hydrogen) atoms. The van der Waals surface area contributed by atoms with Crippen LogP contribution >= 0.6 is 23.2 Å². The van der Waals surface area contributed by atoms with Crippen molar-refractivity contribution in [1.82, 2.24) is 0 Å². The summed E-state index contributed by atoms with van der Waals surface area (Å²) in [4.78, 5) is 0. The Bertz CT molecular complexity index is 644. The summed E-state index contributed by atoms with van der Waals surface area (Å²) in [5, 5.41) is 1.84. The van der Waals surface area contributed by atoms with Crippen LogP contribution in [0.1, 0.15) is 47.9 Å². The molecule has 0 unspecified atom stereocenters. The Morgan fingerprint density at radius 3 is 2.09 bits per heavy atom. The minimum Gasteiger partial charge on any atom is -0.0843 e. The van der Waals surface area contributed by atoms with Crippen molar-refractivity contribution >= 4 is 23.2 Å². The zero-order valence-electron chi connectivity index (χ0n) is 12.9. The molecule has 0 saturated heterocycles. The summed E-state index contributed by atoms with van der Waals surface area (Å²) in [5.74, 6) is 0. The molecule has 0 aliphatic heterocycles. The number of halogens is 2. The second kappa shape index (κ2) is 7.53. The van der Waals surface area contributed by atoms with E-state index in [4.69, 9.17) is 23.2 Å². The van der Waals surface area contributed by atoms with Crippen LogP contribution in [0.3, 0.4) is 0 Å². The Hall–Kier alpha value is -0.980. The Kier molecular flexibility index (Phi) is 5.44. The van der Waals surface area contributed by atoms with Crippen molar-refractivity contribution in [3.63, 3.8) is 0 Å². The van der Waals surface area contributed by atoms with E-state index in [0.717, 1.165) is 10.0 Å². The van der Waals surface area contributed by atoms with Crippen LogP contribution in [-0.2, 0) is 25.7 Å². The largest absolute Gasteiger partial charge is 0.0843 e. The Labute approximate surface area is 143 Å². The van der Waals surface area contributed by atoms with Crippen molar-refractivity contribution in [2.75, 3.05) is 0 Å². The molecule has 0 fully saturated rings. The number of hydrogen-bond acceptors (Lipinski definition) is 0. The highest BCUT2D eigenvalue weighted by atomic mass is 35.5. The summed E-state index contributed by atoms with van der Waals surface area (Å²) in [5.41, 5.74) is 5.81. The van der Waals surface area contributed by atoms with Crippen LogP contribution in [0, 0.1) is 0 Å². The van der Waals surface area contributed by atoms with Crippen molar-refractivity contribution in [3.8, 4) is 0 Å². The minimum atomic E-state index is 0.880. The van der Waals surface area contributed by atoms with E-state index in [-0.39, 0.29) is 0 Å². The average molecular weight is 333 g/mol. The zero-order valence-corrected chi connectivity index (χ0v) is 14.4. The monoisotopic (exact) mass is 332 g/mol. The highest BCUT2D eigenvalue weighted by Gasteiger charge is 2.10. The first-order valence-corrected chi connectivity index (χ1v) is 9.03. The summed E-state index contributed by atoms with van der Waals surface area (Å²) in [6.07, 6.45) is 10.2. The molecule has 0 amide bonds. The fourth-order valence-electron chi connectivity index (χ4n) is 3.44. The molecule has 0 atom stereocenters. The zero-order chi connectivity index (χ0) is 15.4. The third-order valence-corrected chi connectivity index (χ3v) is 5.24. The van der Waals surface area contributed by atoms with Crippen molar-refractivity contribution in [3.05, 3.63) is 68.7 Å². The van der Waals surface area contributed by atoms with Gasteiger partial charge in [-0.05, 0) is 91.8 Å². The molecule has 4 rings (SSSR count). The Morgan fingerprint density at radius 2 is 1.32 bits per heavy atom. The molecule has 2 heteroatoms. The van der Waals surface area contributed by atoms with E-state index in [2.05, 4.69) is 18.2 Å². The lowest BCUT2D eigenvalue weighted by Crippen LogP contribution is -2.02. The number of rotatable bonds is 0. The summed E-state index contributed by atoms with van der Waals surface area (Å²) < 4.78 is 0. The van der Waals surface area contributed by atoms with Crippen LogP contribution in [0.5, 0.6) is 0 Å². The smallest absolute Gasteiger partial charge is 0.0440 e. The summed E-state index contributed by atoms with van der Waals surface area (Å²) >= 11 is 11.9. The van der Waals surface area contributed by atoms with Gasteiger partial charge in [0.2, 0.25) is 0 Å². The number of aryl methyl sites for hydroxylation is 3. The topological polar surface area (TPSA) is 0 Å². The molecule has 0 spiro atoms. The Balaban J connectivity index is 0.000000131. The van der Waals surface area contributed by atoms with Crippen molar-refractivity contribution in [2.24, 2.45) is 0 Å². The molecule has 0 bridgehead atoms. The lowest BCUT2D eigenvalue weighted by Gasteiger charge is -2.15. The van der Waals surface area contributed by atoms with E-state index in [0.29, 0.717) is 0 Å². The third kappa shape index (κ3) is 3.86. The van der Waals surface area contributed by atoms with Crippen LogP contribution < -0.4 is 0 Å². The van der Waals surface area contributed by atoms with Crippen LogP contribution in [0.25, 0.3) is 0 Å². The number of fused-ring (bicyclic) bond motifs is 2. The summed E-state index contributed by atoms with van der Waals surface area (Å²) in [6, 6.07) is 12.5. The molecule has 0 aromatic heterocycles. The molecule has 0 radical (unpaired) electrons. The van der Waals surface area contributed by atoms with Gasteiger partial charge in [0.05, 0.1) is 0 Å². The van der Waals surface area contributed by atoms with Crippen LogP contribution in [0.4, 0.5) is 0 Å². The second-order valence-corrected chi connectivity index (χ2v) is 7.05. The van der Waals surface area contributed by atoms with E-state index in [1.807, 2.05) is 18.2 Å². The van der Waals surface area contributed by atoms with E-state index >= 15 is 0 Å². The summed E-state index contributed by atoms with van der Waals surface area (Å²) in [7, 11) is 0. The van der Waals surface area contributed by atoms with Crippen LogP contribution in [0.2, 0.25) is 10.0 Å². The average Bonchev–Trinajstić information content (AvgIpc) is 2.56. The van der Waals surface area contributed by atoms with E-state index in [1.165, 1.54) is 73.6 Å².